The Bertz CT molecular complexity index is 1040. The Hall–Kier alpha value is -3.61. The molecule has 1 unspecified atom stereocenters. The molecule has 0 heterocycles. The number of benzene rings is 2. The standard InChI is InChI=1S/C28H34N2O5/c1-5-6-15-24(26(33)30(16-25(31)32)18-28(2,3)4)29-27(34)35-17-23-21-13-9-7-11-19(21)20-12-8-10-14-22(20)23/h5,7-14,23-24H,1,6,15-18H2,2-4H3,(H,29,34)(H,31,32). The van der Waals surface area contributed by atoms with E-state index in [2.05, 4.69) is 24.0 Å². The predicted molar refractivity (Wildman–Crippen MR) is 135 cm³/mol. The number of carbonyl (C=O) groups is 3. The zero-order chi connectivity index (χ0) is 25.6. The lowest BCUT2D eigenvalue weighted by molar-refractivity contribution is -0.146. The van der Waals surface area contributed by atoms with Gasteiger partial charge in [-0.3, -0.25) is 9.59 Å². The first-order chi connectivity index (χ1) is 16.6. The smallest absolute Gasteiger partial charge is 0.407 e. The van der Waals surface area contributed by atoms with Crippen molar-refractivity contribution in [3.63, 3.8) is 0 Å². The highest BCUT2D eigenvalue weighted by Gasteiger charge is 2.32. The number of carbonyl (C=O) groups excluding carboxylic acids is 2. The van der Waals surface area contributed by atoms with Crippen LogP contribution in [0, 0.1) is 5.41 Å². The maximum atomic E-state index is 13.2. The molecule has 35 heavy (non-hydrogen) atoms. The number of nitrogens with one attached hydrogen (secondary N) is 1. The highest BCUT2D eigenvalue weighted by molar-refractivity contribution is 5.88. The van der Waals surface area contributed by atoms with E-state index >= 15 is 0 Å². The van der Waals surface area contributed by atoms with Gasteiger partial charge in [-0.05, 0) is 40.5 Å². The molecule has 2 N–H and O–H groups in total. The third-order valence-electron chi connectivity index (χ3n) is 5.90. The van der Waals surface area contributed by atoms with Crippen LogP contribution in [0.3, 0.4) is 0 Å². The second-order valence-corrected chi connectivity index (χ2v) is 10.0. The number of alkyl carbamates (subject to hydrolysis) is 1. The molecule has 0 fully saturated rings. The van der Waals surface area contributed by atoms with E-state index in [4.69, 9.17) is 4.74 Å². The van der Waals surface area contributed by atoms with Crippen molar-refractivity contribution in [1.82, 2.24) is 10.2 Å². The minimum atomic E-state index is -1.11. The molecular formula is C28H34N2O5. The van der Waals surface area contributed by atoms with Crippen LogP contribution in [-0.4, -0.2) is 53.7 Å². The van der Waals surface area contributed by atoms with Gasteiger partial charge >= 0.3 is 12.1 Å². The number of aliphatic carboxylic acids is 1. The molecular weight excluding hydrogens is 444 g/mol. The molecule has 3 rings (SSSR count). The SMILES string of the molecule is C=CCCC(NC(=O)OCC1c2ccccc2-c2ccccc21)C(=O)N(CC(=O)O)CC(C)(C)C. The molecule has 2 aromatic carbocycles. The molecule has 1 atom stereocenters. The van der Waals surface area contributed by atoms with Gasteiger partial charge < -0.3 is 20.1 Å². The lowest BCUT2D eigenvalue weighted by Crippen LogP contribution is -2.52. The Kier molecular flexibility index (Phi) is 8.33. The van der Waals surface area contributed by atoms with E-state index in [1.807, 2.05) is 57.2 Å². The van der Waals surface area contributed by atoms with E-state index in [-0.39, 0.29) is 24.5 Å². The summed E-state index contributed by atoms with van der Waals surface area (Å²) >= 11 is 0. The number of fused-ring (bicyclic) bond motifs is 3. The number of nitrogens with zero attached hydrogens (tertiary/aromatic N) is 1. The highest BCUT2D eigenvalue weighted by atomic mass is 16.5. The fourth-order valence-corrected chi connectivity index (χ4v) is 4.49. The predicted octanol–water partition coefficient (Wildman–Crippen LogP) is 4.82. The minimum Gasteiger partial charge on any atom is -0.480 e. The van der Waals surface area contributed by atoms with Crippen molar-refractivity contribution in [3.8, 4) is 11.1 Å². The van der Waals surface area contributed by atoms with E-state index in [1.54, 1.807) is 6.08 Å². The summed E-state index contributed by atoms with van der Waals surface area (Å²) < 4.78 is 5.60. The summed E-state index contributed by atoms with van der Waals surface area (Å²) in [6, 6.07) is 15.2. The van der Waals surface area contributed by atoms with Gasteiger partial charge in [-0.25, -0.2) is 4.79 Å². The molecule has 0 aliphatic heterocycles. The Balaban J connectivity index is 1.71. The van der Waals surface area contributed by atoms with Crippen LogP contribution >= 0.6 is 0 Å². The van der Waals surface area contributed by atoms with E-state index in [9.17, 15) is 19.5 Å². The molecule has 7 heteroatoms. The molecule has 0 saturated carbocycles. The number of ether oxygens (including phenoxy) is 1. The van der Waals surface area contributed by atoms with Crippen LogP contribution in [0.15, 0.2) is 61.2 Å². The maximum Gasteiger partial charge on any atom is 0.407 e. The van der Waals surface area contributed by atoms with Crippen molar-refractivity contribution in [2.45, 2.75) is 45.6 Å². The molecule has 2 amide bonds. The zero-order valence-electron chi connectivity index (χ0n) is 20.6. The second kappa shape index (κ2) is 11.2. The van der Waals surface area contributed by atoms with E-state index in [0.717, 1.165) is 22.3 Å². The number of carboxylic acids is 1. The first-order valence-corrected chi connectivity index (χ1v) is 11.8. The molecule has 0 spiro atoms. The Morgan fingerprint density at radius 2 is 1.66 bits per heavy atom. The molecule has 186 valence electrons. The van der Waals surface area contributed by atoms with Crippen LogP contribution in [0.4, 0.5) is 4.79 Å². The van der Waals surface area contributed by atoms with Crippen molar-refractivity contribution in [2.75, 3.05) is 19.7 Å². The van der Waals surface area contributed by atoms with Gasteiger partial charge in [0.2, 0.25) is 5.91 Å². The van der Waals surface area contributed by atoms with Crippen molar-refractivity contribution in [2.24, 2.45) is 5.41 Å². The number of hydrogen-bond donors (Lipinski definition) is 2. The molecule has 0 bridgehead atoms. The fraction of sp³-hybridized carbons (Fsp3) is 0.393. The summed E-state index contributed by atoms with van der Waals surface area (Å²) in [6.07, 6.45) is 1.73. The van der Waals surface area contributed by atoms with Crippen LogP contribution < -0.4 is 5.32 Å². The summed E-state index contributed by atoms with van der Waals surface area (Å²) in [6.45, 7) is 9.40. The van der Waals surface area contributed by atoms with Crippen molar-refractivity contribution >= 4 is 18.0 Å². The van der Waals surface area contributed by atoms with Crippen molar-refractivity contribution in [3.05, 3.63) is 72.3 Å². The van der Waals surface area contributed by atoms with Gasteiger partial charge in [-0.1, -0.05) is 75.4 Å². The highest BCUT2D eigenvalue weighted by Crippen LogP contribution is 2.44. The van der Waals surface area contributed by atoms with Crippen LogP contribution in [0.2, 0.25) is 0 Å². The molecule has 7 nitrogen and oxygen atoms in total. The molecule has 0 saturated heterocycles. The Labute approximate surface area is 206 Å². The summed E-state index contributed by atoms with van der Waals surface area (Å²) in [5.41, 5.74) is 4.14. The lowest BCUT2D eigenvalue weighted by Gasteiger charge is -2.31. The number of rotatable bonds is 10. The normalized spacial score (nSPS) is 13.3. The van der Waals surface area contributed by atoms with Crippen molar-refractivity contribution in [1.29, 1.82) is 0 Å². The number of allylic oxidation sites excluding steroid dienone is 1. The van der Waals surface area contributed by atoms with Crippen LogP contribution in [0.1, 0.15) is 50.7 Å². The van der Waals surface area contributed by atoms with E-state index in [1.165, 1.54) is 4.90 Å². The molecule has 2 aromatic rings. The van der Waals surface area contributed by atoms with Crippen LogP contribution in [0.25, 0.3) is 11.1 Å². The largest absolute Gasteiger partial charge is 0.480 e. The number of hydrogen-bond acceptors (Lipinski definition) is 4. The Morgan fingerprint density at radius 3 is 2.17 bits per heavy atom. The number of amides is 2. The van der Waals surface area contributed by atoms with Gasteiger partial charge in [0, 0.05) is 12.5 Å². The molecule has 1 aliphatic carbocycles. The third-order valence-corrected chi connectivity index (χ3v) is 5.90. The van der Waals surface area contributed by atoms with Crippen LogP contribution in [0.5, 0.6) is 0 Å². The first-order valence-electron chi connectivity index (χ1n) is 11.8. The average molecular weight is 479 g/mol. The van der Waals surface area contributed by atoms with Crippen LogP contribution in [-0.2, 0) is 14.3 Å². The van der Waals surface area contributed by atoms with Gasteiger partial charge in [0.05, 0.1) is 0 Å². The monoisotopic (exact) mass is 478 g/mol. The van der Waals surface area contributed by atoms with E-state index < -0.39 is 30.6 Å². The topological polar surface area (TPSA) is 95.9 Å². The minimum absolute atomic E-state index is 0.0973. The quantitative estimate of drug-likeness (QED) is 0.478. The molecule has 0 radical (unpaired) electrons. The lowest BCUT2D eigenvalue weighted by atomic mass is 9.95. The number of carboxylic acid groups (broad SMARTS) is 1. The van der Waals surface area contributed by atoms with Gasteiger partial charge in [0.1, 0.15) is 19.2 Å². The second-order valence-electron chi connectivity index (χ2n) is 10.0. The zero-order valence-corrected chi connectivity index (χ0v) is 20.6. The van der Waals surface area contributed by atoms with Crippen molar-refractivity contribution < 1.29 is 24.2 Å². The summed E-state index contributed by atoms with van der Waals surface area (Å²) in [4.78, 5) is 38.7. The fourth-order valence-electron chi connectivity index (χ4n) is 4.49. The van der Waals surface area contributed by atoms with Gasteiger partial charge in [0.15, 0.2) is 0 Å². The molecule has 0 aromatic heterocycles. The first kappa shape index (κ1) is 26.0. The van der Waals surface area contributed by atoms with Gasteiger partial charge in [0.25, 0.3) is 0 Å². The van der Waals surface area contributed by atoms with E-state index in [0.29, 0.717) is 12.8 Å². The molecule has 1 aliphatic rings. The summed E-state index contributed by atoms with van der Waals surface area (Å²) in [7, 11) is 0. The summed E-state index contributed by atoms with van der Waals surface area (Å²) in [5, 5.41) is 12.0. The van der Waals surface area contributed by atoms with Gasteiger partial charge in [-0.15, -0.1) is 6.58 Å². The third kappa shape index (κ3) is 6.72. The van der Waals surface area contributed by atoms with Gasteiger partial charge in [-0.2, -0.15) is 0 Å². The summed E-state index contributed by atoms with van der Waals surface area (Å²) in [5.74, 6) is -1.65. The Morgan fingerprint density at radius 1 is 1.09 bits per heavy atom. The maximum absolute atomic E-state index is 13.2. The average Bonchev–Trinajstić information content (AvgIpc) is 3.12.